The second-order valence-corrected chi connectivity index (χ2v) is 7.27. The Balaban J connectivity index is 1.82. The van der Waals surface area contributed by atoms with Crippen LogP contribution >= 0.6 is 23.2 Å². The molecule has 0 aliphatic rings. The summed E-state index contributed by atoms with van der Waals surface area (Å²) < 4.78 is 5.19. The van der Waals surface area contributed by atoms with Crippen LogP contribution in [0.25, 0.3) is 0 Å². The lowest BCUT2D eigenvalue weighted by Gasteiger charge is -2.25. The number of benzene rings is 2. The Morgan fingerprint density at radius 1 is 1.08 bits per heavy atom. The molecule has 2 aromatic carbocycles. The van der Waals surface area contributed by atoms with Crippen LogP contribution in [0.3, 0.4) is 0 Å². The third-order valence-corrected chi connectivity index (χ3v) is 5.18. The molecule has 5 heteroatoms. The molecule has 2 N–H and O–H groups in total. The molecule has 0 radical (unpaired) electrons. The van der Waals surface area contributed by atoms with Gasteiger partial charge in [-0.3, -0.25) is 0 Å². The maximum Gasteiger partial charge on any atom is 0.118 e. The molecule has 1 unspecified atom stereocenters. The number of rotatable bonds is 8. The van der Waals surface area contributed by atoms with Gasteiger partial charge in [-0.25, -0.2) is 0 Å². The summed E-state index contributed by atoms with van der Waals surface area (Å²) in [5, 5.41) is 1.05. The predicted molar refractivity (Wildman–Crippen MR) is 108 cm³/mol. The topological polar surface area (TPSA) is 38.5 Å². The molecule has 0 aromatic heterocycles. The fourth-order valence-electron chi connectivity index (χ4n) is 2.80. The molecule has 0 spiro atoms. The fraction of sp³-hybridized carbons (Fsp3) is 0.400. The number of methoxy groups -OCH3 is 1. The number of nitrogens with zero attached hydrogens (tertiary/aromatic N) is 1. The van der Waals surface area contributed by atoms with Crippen LogP contribution in [0.4, 0.5) is 5.69 Å². The van der Waals surface area contributed by atoms with Crippen LogP contribution in [-0.2, 0) is 12.8 Å². The summed E-state index contributed by atoms with van der Waals surface area (Å²) in [6, 6.07) is 12.5. The van der Waals surface area contributed by atoms with Crippen molar-refractivity contribution in [2.24, 2.45) is 0 Å². The molecule has 25 heavy (non-hydrogen) atoms. The summed E-state index contributed by atoms with van der Waals surface area (Å²) in [7, 11) is 3.84. The smallest absolute Gasteiger partial charge is 0.118 e. The molecule has 0 bridgehead atoms. The molecule has 0 fully saturated rings. The standard InChI is InChI=1S/C20H26Cl2N2O/c1-14(11-16-12-18(21)20(23)19(22)13-16)24(2)10-4-5-15-6-8-17(25-3)9-7-15/h6-9,12-14H,4-5,10-11,23H2,1-3H3. The second-order valence-electron chi connectivity index (χ2n) is 6.46. The minimum Gasteiger partial charge on any atom is -0.497 e. The van der Waals surface area contributed by atoms with Crippen LogP contribution in [0.1, 0.15) is 24.5 Å². The lowest BCUT2D eigenvalue weighted by atomic mass is 10.0. The van der Waals surface area contributed by atoms with E-state index in [4.69, 9.17) is 33.7 Å². The minimum atomic E-state index is 0.395. The lowest BCUT2D eigenvalue weighted by Crippen LogP contribution is -2.32. The summed E-state index contributed by atoms with van der Waals surface area (Å²) in [5.41, 5.74) is 8.69. The molecule has 0 aliphatic carbocycles. The van der Waals surface area contributed by atoms with Crippen LogP contribution in [-0.4, -0.2) is 31.6 Å². The summed E-state index contributed by atoms with van der Waals surface area (Å²) in [4.78, 5) is 2.36. The van der Waals surface area contributed by atoms with Crippen LogP contribution < -0.4 is 10.5 Å². The van der Waals surface area contributed by atoms with E-state index in [0.29, 0.717) is 21.8 Å². The quantitative estimate of drug-likeness (QED) is 0.648. The molecule has 0 saturated carbocycles. The minimum absolute atomic E-state index is 0.395. The third kappa shape index (κ3) is 5.81. The SMILES string of the molecule is COc1ccc(CCCN(C)C(C)Cc2cc(Cl)c(N)c(Cl)c2)cc1. The Labute approximate surface area is 160 Å². The number of anilines is 1. The maximum absolute atomic E-state index is 6.12. The lowest BCUT2D eigenvalue weighted by molar-refractivity contribution is 0.253. The van der Waals surface area contributed by atoms with Gasteiger partial charge in [0.2, 0.25) is 0 Å². The summed E-state index contributed by atoms with van der Waals surface area (Å²) in [6.45, 7) is 3.25. The van der Waals surface area contributed by atoms with Crippen molar-refractivity contribution in [3.05, 3.63) is 57.6 Å². The first-order valence-corrected chi connectivity index (χ1v) is 9.23. The number of hydrogen-bond acceptors (Lipinski definition) is 3. The number of hydrogen-bond donors (Lipinski definition) is 1. The van der Waals surface area contributed by atoms with Crippen molar-refractivity contribution in [2.45, 2.75) is 32.2 Å². The Morgan fingerprint density at radius 2 is 1.68 bits per heavy atom. The van der Waals surface area contributed by atoms with E-state index in [1.807, 2.05) is 24.3 Å². The van der Waals surface area contributed by atoms with Gasteiger partial charge in [-0.15, -0.1) is 0 Å². The molecule has 3 nitrogen and oxygen atoms in total. The Bertz CT molecular complexity index is 666. The second kappa shape index (κ2) is 9.33. The van der Waals surface area contributed by atoms with Gasteiger partial charge >= 0.3 is 0 Å². The van der Waals surface area contributed by atoms with Crippen LogP contribution in [0.15, 0.2) is 36.4 Å². The normalized spacial score (nSPS) is 12.4. The average molecular weight is 381 g/mol. The van der Waals surface area contributed by atoms with Gasteiger partial charge in [0.05, 0.1) is 22.8 Å². The van der Waals surface area contributed by atoms with Crippen molar-refractivity contribution in [1.82, 2.24) is 4.90 Å². The van der Waals surface area contributed by atoms with E-state index < -0.39 is 0 Å². The molecule has 2 aromatic rings. The van der Waals surface area contributed by atoms with Gasteiger partial charge in [0.1, 0.15) is 5.75 Å². The molecule has 0 heterocycles. The van der Waals surface area contributed by atoms with Gasteiger partial charge in [0, 0.05) is 6.04 Å². The summed E-state index contributed by atoms with van der Waals surface area (Å²) in [6.07, 6.45) is 3.05. The predicted octanol–water partition coefficient (Wildman–Crippen LogP) is 5.08. The van der Waals surface area contributed by atoms with Crippen molar-refractivity contribution < 1.29 is 4.74 Å². The molecule has 0 saturated heterocycles. The zero-order valence-electron chi connectivity index (χ0n) is 15.1. The van der Waals surface area contributed by atoms with E-state index in [9.17, 15) is 0 Å². The van der Waals surface area contributed by atoms with E-state index in [2.05, 4.69) is 31.0 Å². The van der Waals surface area contributed by atoms with Crippen molar-refractivity contribution in [2.75, 3.05) is 26.4 Å². The molecule has 1 atom stereocenters. The largest absolute Gasteiger partial charge is 0.497 e. The van der Waals surface area contributed by atoms with E-state index >= 15 is 0 Å². The first kappa shape index (κ1) is 19.9. The van der Waals surface area contributed by atoms with E-state index in [0.717, 1.165) is 37.1 Å². The highest BCUT2D eigenvalue weighted by Crippen LogP contribution is 2.29. The number of nitrogens with two attached hydrogens (primary N) is 1. The van der Waals surface area contributed by atoms with Crippen molar-refractivity contribution in [3.8, 4) is 5.75 Å². The van der Waals surface area contributed by atoms with Gasteiger partial charge in [-0.1, -0.05) is 35.3 Å². The highest BCUT2D eigenvalue weighted by molar-refractivity contribution is 6.38. The number of ether oxygens (including phenoxy) is 1. The Morgan fingerprint density at radius 3 is 2.24 bits per heavy atom. The fourth-order valence-corrected chi connectivity index (χ4v) is 3.33. The highest BCUT2D eigenvalue weighted by Gasteiger charge is 2.12. The number of likely N-dealkylation sites (N-methyl/N-ethyl adjacent to an activating group) is 1. The van der Waals surface area contributed by atoms with Gasteiger partial charge < -0.3 is 15.4 Å². The first-order valence-electron chi connectivity index (χ1n) is 8.47. The maximum atomic E-state index is 6.12. The van der Waals surface area contributed by atoms with Gasteiger partial charge in [-0.05, 0) is 75.2 Å². The third-order valence-electron chi connectivity index (χ3n) is 4.56. The van der Waals surface area contributed by atoms with Crippen molar-refractivity contribution in [1.29, 1.82) is 0 Å². The molecule has 136 valence electrons. The van der Waals surface area contributed by atoms with Gasteiger partial charge in [0.25, 0.3) is 0 Å². The zero-order chi connectivity index (χ0) is 18.4. The number of nitrogen functional groups attached to an aromatic ring is 1. The van der Waals surface area contributed by atoms with Gasteiger partial charge in [0.15, 0.2) is 0 Å². The molecule has 2 rings (SSSR count). The van der Waals surface area contributed by atoms with Gasteiger partial charge in [-0.2, -0.15) is 0 Å². The monoisotopic (exact) mass is 380 g/mol. The molecular weight excluding hydrogens is 355 g/mol. The molecule has 0 aliphatic heterocycles. The van der Waals surface area contributed by atoms with Crippen molar-refractivity contribution >= 4 is 28.9 Å². The van der Waals surface area contributed by atoms with E-state index in [1.54, 1.807) is 7.11 Å². The van der Waals surface area contributed by atoms with Crippen LogP contribution in [0.2, 0.25) is 10.0 Å². The van der Waals surface area contributed by atoms with E-state index in [1.165, 1.54) is 5.56 Å². The number of halogens is 2. The Kier molecular flexibility index (Phi) is 7.42. The first-order chi connectivity index (χ1) is 11.9. The van der Waals surface area contributed by atoms with Crippen molar-refractivity contribution in [3.63, 3.8) is 0 Å². The average Bonchev–Trinajstić information content (AvgIpc) is 2.60. The Hall–Kier alpha value is -1.42. The zero-order valence-corrected chi connectivity index (χ0v) is 16.6. The summed E-state index contributed by atoms with van der Waals surface area (Å²) in [5.74, 6) is 0.898. The highest BCUT2D eigenvalue weighted by atomic mass is 35.5. The van der Waals surface area contributed by atoms with E-state index in [-0.39, 0.29) is 0 Å². The molecule has 0 amide bonds. The van der Waals surface area contributed by atoms with Crippen LogP contribution in [0.5, 0.6) is 5.75 Å². The van der Waals surface area contributed by atoms with Crippen LogP contribution in [0, 0.1) is 0 Å². The molecular formula is C20H26Cl2N2O. The number of aryl methyl sites for hydroxylation is 1. The summed E-state index contributed by atoms with van der Waals surface area (Å²) >= 11 is 12.2.